The van der Waals surface area contributed by atoms with Gasteiger partial charge in [-0.15, -0.1) is 0 Å². The number of rotatable bonds is 5. The summed E-state index contributed by atoms with van der Waals surface area (Å²) in [6.07, 6.45) is 3.03. The highest BCUT2D eigenvalue weighted by Crippen LogP contribution is 2.38. The summed E-state index contributed by atoms with van der Waals surface area (Å²) in [5.74, 6) is -0.137. The molecule has 0 radical (unpaired) electrons. The van der Waals surface area contributed by atoms with Gasteiger partial charge in [-0.05, 0) is 49.1 Å². The van der Waals surface area contributed by atoms with E-state index in [0.717, 1.165) is 22.4 Å². The topological polar surface area (TPSA) is 95.1 Å². The van der Waals surface area contributed by atoms with Crippen molar-refractivity contribution in [3.8, 4) is 23.0 Å². The summed E-state index contributed by atoms with van der Waals surface area (Å²) in [6, 6.07) is 13.7. The highest BCUT2D eigenvalue weighted by Gasteiger charge is 2.29. The molecule has 208 valence electrons. The van der Waals surface area contributed by atoms with Gasteiger partial charge in [-0.25, -0.2) is 4.98 Å². The summed E-state index contributed by atoms with van der Waals surface area (Å²) < 4.78 is 1.53. The Kier molecular flexibility index (Phi) is 7.65. The summed E-state index contributed by atoms with van der Waals surface area (Å²) in [5, 5.41) is 11.4. The third kappa shape index (κ3) is 4.87. The van der Waals surface area contributed by atoms with Crippen molar-refractivity contribution in [3.63, 3.8) is 0 Å². The molecule has 1 aliphatic heterocycles. The number of benzene rings is 1. The number of anilines is 1. The normalized spacial score (nSPS) is 13.5. The second-order valence-electron chi connectivity index (χ2n) is 10.5. The minimum Gasteiger partial charge on any atom is -0.366 e. The van der Waals surface area contributed by atoms with Gasteiger partial charge < -0.3 is 9.80 Å². The Balaban J connectivity index is 1.87. The first-order valence-corrected chi connectivity index (χ1v) is 13.9. The fourth-order valence-corrected chi connectivity index (χ4v) is 5.75. The molecular weight excluding hydrogens is 536 g/mol. The molecule has 0 bridgehead atoms. The van der Waals surface area contributed by atoms with Crippen LogP contribution in [0, 0.1) is 25.2 Å². The molecule has 1 aromatic carbocycles. The van der Waals surface area contributed by atoms with Crippen molar-refractivity contribution in [1.29, 1.82) is 5.26 Å². The first kappa shape index (κ1) is 28.1. The first-order chi connectivity index (χ1) is 19.7. The molecule has 0 N–H and O–H groups in total. The summed E-state index contributed by atoms with van der Waals surface area (Å²) >= 11 is 6.92. The van der Waals surface area contributed by atoms with E-state index in [1.165, 1.54) is 10.6 Å². The van der Waals surface area contributed by atoms with Crippen molar-refractivity contribution < 1.29 is 4.79 Å². The van der Waals surface area contributed by atoms with Crippen LogP contribution in [0.3, 0.4) is 0 Å². The standard InChI is InChI=1S/C32H31ClN6O2/c1-6-26(40)37-13-15-38(16-14-37)30-23-17-25(33)28(22-10-8-7-9-20(22)4)36-31(23)39(32(41)24(30)18-34)29-21(5)11-12-35-27(29)19(2)3/h6-12,17,19H,1,13-16H2,2-5H3. The van der Waals surface area contributed by atoms with Gasteiger partial charge in [0.05, 0.1) is 27.8 Å². The number of carbonyl (C=O) groups excluding carboxylic acids is 1. The monoisotopic (exact) mass is 566 g/mol. The second kappa shape index (κ2) is 11.2. The van der Waals surface area contributed by atoms with Crippen molar-refractivity contribution in [2.75, 3.05) is 31.1 Å². The molecule has 1 fully saturated rings. The SMILES string of the molecule is C=CC(=O)N1CCN(c2c(C#N)c(=O)n(-c3c(C)ccnc3C(C)C)c3nc(-c4ccccc4C)c(Cl)cc23)CC1. The van der Waals surface area contributed by atoms with E-state index in [9.17, 15) is 14.9 Å². The molecule has 8 nitrogen and oxygen atoms in total. The largest absolute Gasteiger partial charge is 0.366 e. The molecule has 1 saturated heterocycles. The molecule has 4 aromatic rings. The Morgan fingerprint density at radius 1 is 1.10 bits per heavy atom. The molecule has 0 aliphatic carbocycles. The number of amides is 1. The van der Waals surface area contributed by atoms with Gasteiger partial charge in [0.15, 0.2) is 0 Å². The van der Waals surface area contributed by atoms with Crippen LogP contribution in [0.25, 0.3) is 28.0 Å². The van der Waals surface area contributed by atoms with Crippen LogP contribution in [-0.4, -0.2) is 51.5 Å². The van der Waals surface area contributed by atoms with E-state index in [4.69, 9.17) is 16.6 Å². The molecule has 9 heteroatoms. The minimum atomic E-state index is -0.469. The average molecular weight is 567 g/mol. The molecule has 0 spiro atoms. The molecule has 0 unspecified atom stereocenters. The van der Waals surface area contributed by atoms with Gasteiger partial charge in [0.2, 0.25) is 5.91 Å². The maximum atomic E-state index is 14.4. The van der Waals surface area contributed by atoms with Crippen LogP contribution in [0.4, 0.5) is 5.69 Å². The molecule has 0 saturated carbocycles. The predicted molar refractivity (Wildman–Crippen MR) is 163 cm³/mol. The average Bonchev–Trinajstić information content (AvgIpc) is 2.97. The Bertz CT molecular complexity index is 1800. The number of aromatic nitrogens is 3. The van der Waals surface area contributed by atoms with Gasteiger partial charge in [-0.3, -0.25) is 19.1 Å². The zero-order valence-corrected chi connectivity index (χ0v) is 24.4. The van der Waals surface area contributed by atoms with E-state index in [1.807, 2.05) is 62.9 Å². The molecular formula is C32H31ClN6O2. The highest BCUT2D eigenvalue weighted by atomic mass is 35.5. The fourth-order valence-electron chi connectivity index (χ4n) is 5.50. The number of nitrogens with zero attached hydrogens (tertiary/aromatic N) is 6. The van der Waals surface area contributed by atoms with Crippen LogP contribution in [0.2, 0.25) is 5.02 Å². The number of hydrogen-bond acceptors (Lipinski definition) is 6. The number of aryl methyl sites for hydroxylation is 2. The number of hydrogen-bond donors (Lipinski definition) is 0. The van der Waals surface area contributed by atoms with Crippen molar-refractivity contribution in [2.45, 2.75) is 33.6 Å². The molecule has 4 heterocycles. The Hall–Kier alpha value is -4.48. The smallest absolute Gasteiger partial charge is 0.276 e. The highest BCUT2D eigenvalue weighted by molar-refractivity contribution is 6.34. The lowest BCUT2D eigenvalue weighted by atomic mass is 10.0. The van der Waals surface area contributed by atoms with E-state index in [0.29, 0.717) is 59.3 Å². The third-order valence-electron chi connectivity index (χ3n) is 7.60. The zero-order chi connectivity index (χ0) is 29.4. The lowest BCUT2D eigenvalue weighted by Crippen LogP contribution is -2.49. The minimum absolute atomic E-state index is 0.000430. The molecule has 5 rings (SSSR count). The van der Waals surface area contributed by atoms with Crippen LogP contribution >= 0.6 is 11.6 Å². The second-order valence-corrected chi connectivity index (χ2v) is 10.9. The summed E-state index contributed by atoms with van der Waals surface area (Å²) in [6.45, 7) is 13.3. The van der Waals surface area contributed by atoms with Gasteiger partial charge >= 0.3 is 0 Å². The van der Waals surface area contributed by atoms with Gasteiger partial charge in [0.25, 0.3) is 5.56 Å². The number of fused-ring (bicyclic) bond motifs is 1. The number of pyridine rings is 3. The first-order valence-electron chi connectivity index (χ1n) is 13.5. The van der Waals surface area contributed by atoms with Gasteiger partial charge in [0, 0.05) is 43.3 Å². The maximum Gasteiger partial charge on any atom is 0.276 e. The Labute approximate surface area is 244 Å². The van der Waals surface area contributed by atoms with Crippen LogP contribution in [0.5, 0.6) is 0 Å². The number of halogens is 1. The van der Waals surface area contributed by atoms with Gasteiger partial charge in [-0.2, -0.15) is 5.26 Å². The predicted octanol–water partition coefficient (Wildman–Crippen LogP) is 5.55. The van der Waals surface area contributed by atoms with Crippen LogP contribution in [-0.2, 0) is 4.79 Å². The van der Waals surface area contributed by atoms with E-state index in [-0.39, 0.29) is 17.4 Å². The Morgan fingerprint density at radius 3 is 2.44 bits per heavy atom. The third-order valence-corrected chi connectivity index (χ3v) is 7.88. The van der Waals surface area contributed by atoms with E-state index in [2.05, 4.69) is 17.6 Å². The van der Waals surface area contributed by atoms with Crippen LogP contribution < -0.4 is 10.5 Å². The molecule has 3 aromatic heterocycles. The van der Waals surface area contributed by atoms with Crippen molar-refractivity contribution in [3.05, 3.63) is 93.0 Å². The molecule has 0 atom stereocenters. The molecule has 1 aliphatic rings. The van der Waals surface area contributed by atoms with E-state index in [1.54, 1.807) is 17.2 Å². The van der Waals surface area contributed by atoms with Crippen molar-refractivity contribution in [2.24, 2.45) is 0 Å². The number of nitriles is 1. The maximum absolute atomic E-state index is 14.4. The zero-order valence-electron chi connectivity index (χ0n) is 23.6. The number of carbonyl (C=O) groups is 1. The quantitative estimate of drug-likeness (QED) is 0.294. The van der Waals surface area contributed by atoms with Crippen LogP contribution in [0.1, 0.15) is 42.1 Å². The Morgan fingerprint density at radius 2 is 1.80 bits per heavy atom. The van der Waals surface area contributed by atoms with Crippen molar-refractivity contribution in [1.82, 2.24) is 19.4 Å². The van der Waals surface area contributed by atoms with Crippen LogP contribution in [0.15, 0.2) is 60.0 Å². The summed E-state index contributed by atoms with van der Waals surface area (Å²) in [5.41, 5.74) is 5.00. The van der Waals surface area contributed by atoms with Crippen molar-refractivity contribution >= 4 is 34.2 Å². The summed E-state index contributed by atoms with van der Waals surface area (Å²) in [7, 11) is 0. The van der Waals surface area contributed by atoms with Gasteiger partial charge in [0.1, 0.15) is 17.3 Å². The fraction of sp³-hybridized carbons (Fsp3) is 0.281. The number of piperazine rings is 1. The summed E-state index contributed by atoms with van der Waals surface area (Å²) in [4.78, 5) is 39.9. The lowest BCUT2D eigenvalue weighted by Gasteiger charge is -2.36. The molecule has 1 amide bonds. The lowest BCUT2D eigenvalue weighted by molar-refractivity contribution is -0.126. The van der Waals surface area contributed by atoms with E-state index >= 15 is 0 Å². The van der Waals surface area contributed by atoms with E-state index < -0.39 is 5.56 Å². The van der Waals surface area contributed by atoms with Gasteiger partial charge in [-0.1, -0.05) is 56.3 Å². The molecule has 41 heavy (non-hydrogen) atoms.